The van der Waals surface area contributed by atoms with E-state index in [1.165, 1.54) is 0 Å². The van der Waals surface area contributed by atoms with Gasteiger partial charge in [0, 0.05) is 19.2 Å². The molecule has 6 nitrogen and oxygen atoms in total. The van der Waals surface area contributed by atoms with Gasteiger partial charge in [-0.15, -0.1) is 0 Å². The highest BCUT2D eigenvalue weighted by Gasteiger charge is 2.30. The summed E-state index contributed by atoms with van der Waals surface area (Å²) in [7, 11) is 1.56. The summed E-state index contributed by atoms with van der Waals surface area (Å²) in [5.41, 5.74) is 0. The molecule has 1 N–H and O–H groups in total. The smallest absolute Gasteiger partial charge is 0.308 e. The maximum atomic E-state index is 12.4. The molecule has 0 radical (unpaired) electrons. The number of carboxylic acids is 1. The lowest BCUT2D eigenvalue weighted by Gasteiger charge is -2.32. The van der Waals surface area contributed by atoms with Crippen molar-refractivity contribution in [3.8, 4) is 11.5 Å². The number of carboxylic acid groups (broad SMARTS) is 1. The number of likely N-dealkylation sites (tertiary alicyclic amines) is 1. The van der Waals surface area contributed by atoms with E-state index in [0.717, 1.165) is 0 Å². The number of amides is 1. The predicted octanol–water partition coefficient (Wildman–Crippen LogP) is 1.79. The van der Waals surface area contributed by atoms with Crippen molar-refractivity contribution in [2.75, 3.05) is 20.2 Å². The van der Waals surface area contributed by atoms with Gasteiger partial charge >= 0.3 is 5.97 Å². The van der Waals surface area contributed by atoms with E-state index in [-0.39, 0.29) is 12.5 Å². The van der Waals surface area contributed by atoms with E-state index in [4.69, 9.17) is 14.6 Å². The Bertz CT molecular complexity index is 545. The zero-order chi connectivity index (χ0) is 16.1. The van der Waals surface area contributed by atoms with Crippen molar-refractivity contribution in [1.29, 1.82) is 0 Å². The van der Waals surface area contributed by atoms with Crippen LogP contribution in [0.5, 0.6) is 11.5 Å². The Kier molecular flexibility index (Phi) is 5.25. The number of ether oxygens (including phenoxy) is 2. The van der Waals surface area contributed by atoms with E-state index in [0.29, 0.717) is 30.9 Å². The van der Waals surface area contributed by atoms with Gasteiger partial charge in [-0.25, -0.2) is 0 Å². The number of rotatable bonds is 5. The Hall–Kier alpha value is -2.24. The van der Waals surface area contributed by atoms with Crippen molar-refractivity contribution in [3.05, 3.63) is 24.3 Å². The molecule has 2 rings (SSSR count). The Morgan fingerprint density at radius 1 is 1.36 bits per heavy atom. The lowest BCUT2D eigenvalue weighted by molar-refractivity contribution is -0.147. The number of piperidine rings is 1. The van der Waals surface area contributed by atoms with Crippen LogP contribution in [0.3, 0.4) is 0 Å². The number of hydrogen-bond acceptors (Lipinski definition) is 4. The maximum absolute atomic E-state index is 12.4. The van der Waals surface area contributed by atoms with Crippen LogP contribution in [-0.4, -0.2) is 48.2 Å². The Morgan fingerprint density at radius 3 is 2.77 bits per heavy atom. The molecule has 1 fully saturated rings. The van der Waals surface area contributed by atoms with Crippen molar-refractivity contribution in [1.82, 2.24) is 4.90 Å². The molecule has 2 unspecified atom stereocenters. The van der Waals surface area contributed by atoms with E-state index in [1.807, 2.05) is 0 Å². The van der Waals surface area contributed by atoms with Gasteiger partial charge in [0.05, 0.1) is 13.0 Å². The van der Waals surface area contributed by atoms with Crippen LogP contribution in [0.1, 0.15) is 19.8 Å². The Labute approximate surface area is 129 Å². The molecule has 1 aliphatic heterocycles. The van der Waals surface area contributed by atoms with Crippen LogP contribution < -0.4 is 9.47 Å². The van der Waals surface area contributed by atoms with E-state index < -0.39 is 18.0 Å². The minimum atomic E-state index is -0.848. The average molecular weight is 307 g/mol. The summed E-state index contributed by atoms with van der Waals surface area (Å²) in [5.74, 6) is -0.317. The molecule has 2 atom stereocenters. The third-order valence-corrected chi connectivity index (χ3v) is 3.78. The van der Waals surface area contributed by atoms with E-state index in [2.05, 4.69) is 0 Å². The SMILES string of the molecule is COc1cccc(OC(C)C(=O)N2CCCC(C(=O)O)C2)c1. The number of hydrogen-bond donors (Lipinski definition) is 1. The molecule has 1 heterocycles. The summed E-state index contributed by atoms with van der Waals surface area (Å²) in [6, 6.07) is 7.04. The van der Waals surface area contributed by atoms with Crippen molar-refractivity contribution in [2.45, 2.75) is 25.9 Å². The zero-order valence-corrected chi connectivity index (χ0v) is 12.8. The third-order valence-electron chi connectivity index (χ3n) is 3.78. The molecule has 1 saturated heterocycles. The van der Waals surface area contributed by atoms with E-state index in [9.17, 15) is 9.59 Å². The monoisotopic (exact) mass is 307 g/mol. The lowest BCUT2D eigenvalue weighted by atomic mass is 9.98. The zero-order valence-electron chi connectivity index (χ0n) is 12.8. The third kappa shape index (κ3) is 3.90. The summed E-state index contributed by atoms with van der Waals surface area (Å²) in [6.07, 6.45) is 0.651. The Morgan fingerprint density at radius 2 is 2.09 bits per heavy atom. The quantitative estimate of drug-likeness (QED) is 0.897. The molecular formula is C16H21NO5. The van der Waals surface area contributed by atoms with E-state index in [1.54, 1.807) is 43.2 Å². The largest absolute Gasteiger partial charge is 0.497 e. The highest BCUT2D eigenvalue weighted by atomic mass is 16.5. The molecular weight excluding hydrogens is 286 g/mol. The van der Waals surface area contributed by atoms with Crippen LogP contribution in [0.15, 0.2) is 24.3 Å². The normalized spacial score (nSPS) is 19.4. The second kappa shape index (κ2) is 7.15. The number of aliphatic carboxylic acids is 1. The molecule has 0 spiro atoms. The maximum Gasteiger partial charge on any atom is 0.308 e. The van der Waals surface area contributed by atoms with Crippen LogP contribution in [-0.2, 0) is 9.59 Å². The van der Waals surface area contributed by atoms with Gasteiger partial charge in [0.2, 0.25) is 0 Å². The number of methoxy groups -OCH3 is 1. The molecule has 1 amide bonds. The van der Waals surface area contributed by atoms with Crippen molar-refractivity contribution in [3.63, 3.8) is 0 Å². The number of carbonyl (C=O) groups excluding carboxylic acids is 1. The minimum Gasteiger partial charge on any atom is -0.497 e. The fourth-order valence-electron chi connectivity index (χ4n) is 2.57. The van der Waals surface area contributed by atoms with Crippen molar-refractivity contribution >= 4 is 11.9 Å². The van der Waals surface area contributed by atoms with E-state index >= 15 is 0 Å². The topological polar surface area (TPSA) is 76.1 Å². The van der Waals surface area contributed by atoms with Crippen LogP contribution in [0.25, 0.3) is 0 Å². The van der Waals surface area contributed by atoms with Crippen molar-refractivity contribution in [2.24, 2.45) is 5.92 Å². The summed E-state index contributed by atoms with van der Waals surface area (Å²) in [5, 5.41) is 9.09. The molecule has 22 heavy (non-hydrogen) atoms. The molecule has 0 saturated carbocycles. The van der Waals surface area contributed by atoms with Crippen LogP contribution >= 0.6 is 0 Å². The van der Waals surface area contributed by atoms with Gasteiger partial charge in [0.25, 0.3) is 5.91 Å². The fourth-order valence-corrected chi connectivity index (χ4v) is 2.57. The molecule has 1 aliphatic rings. The number of carbonyl (C=O) groups is 2. The molecule has 0 aromatic heterocycles. The molecule has 120 valence electrons. The molecule has 1 aromatic carbocycles. The summed E-state index contributed by atoms with van der Waals surface area (Å²) in [6.45, 7) is 2.50. The molecule has 6 heteroatoms. The minimum absolute atomic E-state index is 0.186. The van der Waals surface area contributed by atoms with Gasteiger partial charge in [-0.05, 0) is 31.9 Å². The van der Waals surface area contributed by atoms with Gasteiger partial charge in [-0.3, -0.25) is 9.59 Å². The first-order valence-corrected chi connectivity index (χ1v) is 7.33. The highest BCUT2D eigenvalue weighted by Crippen LogP contribution is 2.22. The highest BCUT2D eigenvalue weighted by molar-refractivity contribution is 5.82. The van der Waals surface area contributed by atoms with Gasteiger partial charge in [0.1, 0.15) is 11.5 Å². The second-order valence-electron chi connectivity index (χ2n) is 5.40. The summed E-state index contributed by atoms with van der Waals surface area (Å²) in [4.78, 5) is 25.0. The predicted molar refractivity (Wildman–Crippen MR) is 80.0 cm³/mol. The molecule has 1 aromatic rings. The van der Waals surface area contributed by atoms with Crippen LogP contribution in [0, 0.1) is 5.92 Å². The average Bonchev–Trinajstić information content (AvgIpc) is 2.54. The summed E-state index contributed by atoms with van der Waals surface area (Å²) >= 11 is 0. The summed E-state index contributed by atoms with van der Waals surface area (Å²) < 4.78 is 10.8. The molecule has 0 bridgehead atoms. The lowest BCUT2D eigenvalue weighted by Crippen LogP contribution is -2.47. The van der Waals surface area contributed by atoms with Gasteiger partial charge in [0.15, 0.2) is 6.10 Å². The standard InChI is InChI=1S/C16H21NO5/c1-11(22-14-7-3-6-13(9-14)21-2)15(18)17-8-4-5-12(10-17)16(19)20/h3,6-7,9,11-12H,4-5,8,10H2,1-2H3,(H,19,20). The van der Waals surface area contributed by atoms with Gasteiger partial charge in [-0.1, -0.05) is 6.07 Å². The van der Waals surface area contributed by atoms with Crippen LogP contribution in [0.2, 0.25) is 0 Å². The van der Waals surface area contributed by atoms with Crippen molar-refractivity contribution < 1.29 is 24.2 Å². The first-order chi connectivity index (χ1) is 10.5. The fraction of sp³-hybridized carbons (Fsp3) is 0.500. The first kappa shape index (κ1) is 16.1. The van der Waals surface area contributed by atoms with Gasteiger partial charge < -0.3 is 19.5 Å². The molecule has 0 aliphatic carbocycles. The Balaban J connectivity index is 1.97. The van der Waals surface area contributed by atoms with Crippen LogP contribution in [0.4, 0.5) is 0 Å². The number of benzene rings is 1. The first-order valence-electron chi connectivity index (χ1n) is 7.33. The number of nitrogens with zero attached hydrogens (tertiary/aromatic N) is 1. The van der Waals surface area contributed by atoms with Gasteiger partial charge in [-0.2, -0.15) is 0 Å². The second-order valence-corrected chi connectivity index (χ2v) is 5.40.